The quantitative estimate of drug-likeness (QED) is 0.627. The Balaban J connectivity index is 1.80. The van der Waals surface area contributed by atoms with Crippen LogP contribution in [0.15, 0.2) is 65.6 Å². The molecule has 25 heavy (non-hydrogen) atoms. The highest BCUT2D eigenvalue weighted by atomic mass is 16.1. The summed E-state index contributed by atoms with van der Waals surface area (Å²) in [5.74, 6) is 0.512. The van der Waals surface area contributed by atoms with E-state index in [4.69, 9.17) is 5.26 Å². The maximum absolute atomic E-state index is 12.3. The van der Waals surface area contributed by atoms with Gasteiger partial charge in [-0.15, -0.1) is 0 Å². The number of hydrogen-bond acceptors (Lipinski definition) is 4. The predicted molar refractivity (Wildman–Crippen MR) is 93.8 cm³/mol. The number of fused-ring (bicyclic) bond motifs is 1. The van der Waals surface area contributed by atoms with Crippen molar-refractivity contribution in [3.63, 3.8) is 0 Å². The van der Waals surface area contributed by atoms with Crippen LogP contribution in [0.25, 0.3) is 22.6 Å². The van der Waals surface area contributed by atoms with Gasteiger partial charge in [-0.05, 0) is 29.8 Å². The highest BCUT2D eigenvalue weighted by molar-refractivity contribution is 5.72. The molecule has 6 nitrogen and oxygen atoms in total. The van der Waals surface area contributed by atoms with E-state index in [1.54, 1.807) is 35.0 Å². The molecule has 0 aliphatic rings. The van der Waals surface area contributed by atoms with Crippen LogP contribution in [0.5, 0.6) is 0 Å². The maximum atomic E-state index is 12.3. The summed E-state index contributed by atoms with van der Waals surface area (Å²) in [5.41, 5.74) is 3.32. The van der Waals surface area contributed by atoms with Crippen molar-refractivity contribution in [3.05, 3.63) is 82.4 Å². The van der Waals surface area contributed by atoms with E-state index in [-0.39, 0.29) is 5.69 Å². The minimum absolute atomic E-state index is 0.217. The van der Waals surface area contributed by atoms with Gasteiger partial charge in [0.2, 0.25) is 0 Å². The lowest BCUT2D eigenvalue weighted by atomic mass is 10.1. The van der Waals surface area contributed by atoms with E-state index in [1.807, 2.05) is 30.3 Å². The van der Waals surface area contributed by atoms with Gasteiger partial charge in [-0.3, -0.25) is 4.57 Å². The summed E-state index contributed by atoms with van der Waals surface area (Å²) >= 11 is 0. The normalized spacial score (nSPS) is 10.7. The summed E-state index contributed by atoms with van der Waals surface area (Å²) in [5, 5.41) is 8.90. The van der Waals surface area contributed by atoms with Crippen LogP contribution in [-0.2, 0) is 6.54 Å². The Kier molecular flexibility index (Phi) is 3.60. The van der Waals surface area contributed by atoms with Crippen LogP contribution in [0.2, 0.25) is 0 Å². The summed E-state index contributed by atoms with van der Waals surface area (Å²) in [6, 6.07) is 18.9. The van der Waals surface area contributed by atoms with Crippen molar-refractivity contribution < 1.29 is 0 Å². The number of aromatic amines is 1. The minimum atomic E-state index is -0.217. The van der Waals surface area contributed by atoms with E-state index in [0.29, 0.717) is 29.1 Å². The van der Waals surface area contributed by atoms with Crippen LogP contribution in [0.4, 0.5) is 0 Å². The molecule has 2 heterocycles. The Hall–Kier alpha value is -3.72. The first-order valence-corrected chi connectivity index (χ1v) is 7.74. The molecule has 0 radical (unpaired) electrons. The van der Waals surface area contributed by atoms with Gasteiger partial charge in [0.15, 0.2) is 11.5 Å². The molecule has 4 rings (SSSR count). The first-order chi connectivity index (χ1) is 12.2. The Morgan fingerprint density at radius 1 is 1.08 bits per heavy atom. The molecule has 0 atom stereocenters. The molecule has 0 amide bonds. The van der Waals surface area contributed by atoms with Crippen LogP contribution >= 0.6 is 0 Å². The molecule has 0 spiro atoms. The molecule has 0 aliphatic heterocycles. The summed E-state index contributed by atoms with van der Waals surface area (Å²) in [6.07, 6.45) is 1.61. The van der Waals surface area contributed by atoms with Crippen LogP contribution in [-0.4, -0.2) is 19.5 Å². The number of hydrogen-bond donors (Lipinski definition) is 1. The largest absolute Gasteiger partial charge is 0.328 e. The molecule has 0 unspecified atom stereocenters. The van der Waals surface area contributed by atoms with Crippen molar-refractivity contribution in [1.29, 1.82) is 5.26 Å². The third kappa shape index (κ3) is 2.79. The average molecular weight is 327 g/mol. The fraction of sp³-hybridized carbons (Fsp3) is 0.0526. The first-order valence-electron chi connectivity index (χ1n) is 7.74. The predicted octanol–water partition coefficient (Wildman–Crippen LogP) is 2.71. The molecule has 120 valence electrons. The van der Waals surface area contributed by atoms with E-state index >= 15 is 0 Å². The first kappa shape index (κ1) is 14.8. The van der Waals surface area contributed by atoms with Gasteiger partial charge in [-0.25, -0.2) is 14.8 Å². The van der Waals surface area contributed by atoms with Gasteiger partial charge in [-0.2, -0.15) is 5.26 Å². The van der Waals surface area contributed by atoms with Crippen LogP contribution in [0.3, 0.4) is 0 Å². The fourth-order valence-electron chi connectivity index (χ4n) is 2.69. The summed E-state index contributed by atoms with van der Waals surface area (Å²) < 4.78 is 1.60. The van der Waals surface area contributed by atoms with Crippen molar-refractivity contribution in [1.82, 2.24) is 19.5 Å². The van der Waals surface area contributed by atoms with E-state index < -0.39 is 0 Å². The van der Waals surface area contributed by atoms with Gasteiger partial charge in [-0.1, -0.05) is 30.3 Å². The van der Waals surface area contributed by atoms with Gasteiger partial charge < -0.3 is 4.98 Å². The van der Waals surface area contributed by atoms with Gasteiger partial charge in [0.25, 0.3) is 0 Å². The van der Waals surface area contributed by atoms with E-state index in [1.165, 1.54) is 0 Å². The standard InChI is InChI=1S/C19H13N5O/c20-10-13-6-8-15(9-7-13)17-21-11-16-18(23-17)24(19(25)22-16)12-14-4-2-1-3-5-14/h1-9,11H,12H2,(H,22,25). The maximum Gasteiger partial charge on any atom is 0.328 e. The SMILES string of the molecule is N#Cc1ccc(-c2ncc3[nH]c(=O)n(Cc4ccccc4)c3n2)cc1. The second-order valence-corrected chi connectivity index (χ2v) is 5.62. The van der Waals surface area contributed by atoms with Crippen LogP contribution in [0, 0.1) is 11.3 Å². The molecule has 0 aliphatic carbocycles. The van der Waals surface area contributed by atoms with Crippen molar-refractivity contribution >= 4 is 11.2 Å². The fourth-order valence-corrected chi connectivity index (χ4v) is 2.69. The van der Waals surface area contributed by atoms with Crippen molar-refractivity contribution in [3.8, 4) is 17.5 Å². The molecular formula is C19H13N5O. The molecule has 0 saturated carbocycles. The van der Waals surface area contributed by atoms with Crippen LogP contribution in [0.1, 0.15) is 11.1 Å². The highest BCUT2D eigenvalue weighted by Crippen LogP contribution is 2.18. The summed E-state index contributed by atoms with van der Waals surface area (Å²) in [4.78, 5) is 23.9. The molecule has 0 saturated heterocycles. The molecule has 0 bridgehead atoms. The smallest absolute Gasteiger partial charge is 0.303 e. The molecule has 2 aromatic heterocycles. The molecule has 4 aromatic rings. The summed E-state index contributed by atoms with van der Waals surface area (Å²) in [7, 11) is 0. The zero-order valence-electron chi connectivity index (χ0n) is 13.2. The molecular weight excluding hydrogens is 314 g/mol. The Morgan fingerprint density at radius 2 is 1.84 bits per heavy atom. The van der Waals surface area contributed by atoms with Crippen molar-refractivity contribution in [2.24, 2.45) is 0 Å². The lowest BCUT2D eigenvalue weighted by molar-refractivity contribution is 0.778. The number of benzene rings is 2. The van der Waals surface area contributed by atoms with E-state index in [2.05, 4.69) is 21.0 Å². The number of rotatable bonds is 3. The second kappa shape index (κ2) is 6.06. The van der Waals surface area contributed by atoms with Crippen molar-refractivity contribution in [2.45, 2.75) is 6.54 Å². The minimum Gasteiger partial charge on any atom is -0.303 e. The Labute approximate surface area is 143 Å². The monoisotopic (exact) mass is 327 g/mol. The Morgan fingerprint density at radius 3 is 2.56 bits per heavy atom. The molecule has 2 aromatic carbocycles. The number of aromatic nitrogens is 4. The topological polar surface area (TPSA) is 87.4 Å². The van der Waals surface area contributed by atoms with E-state index in [9.17, 15) is 4.79 Å². The molecule has 0 fully saturated rings. The second-order valence-electron chi connectivity index (χ2n) is 5.62. The van der Waals surface area contributed by atoms with Crippen LogP contribution < -0.4 is 5.69 Å². The van der Waals surface area contributed by atoms with Gasteiger partial charge in [0.05, 0.1) is 24.4 Å². The molecule has 1 N–H and O–H groups in total. The zero-order chi connectivity index (χ0) is 17.2. The van der Waals surface area contributed by atoms with Crippen molar-refractivity contribution in [2.75, 3.05) is 0 Å². The number of nitrogens with zero attached hydrogens (tertiary/aromatic N) is 4. The van der Waals surface area contributed by atoms with Gasteiger partial charge in [0.1, 0.15) is 5.52 Å². The number of nitrogens with one attached hydrogen (secondary N) is 1. The lowest BCUT2D eigenvalue weighted by Crippen LogP contribution is -2.17. The van der Waals surface area contributed by atoms with Gasteiger partial charge >= 0.3 is 5.69 Å². The lowest BCUT2D eigenvalue weighted by Gasteiger charge is -2.04. The molecule has 6 heteroatoms. The third-order valence-corrected chi connectivity index (χ3v) is 3.97. The van der Waals surface area contributed by atoms with Gasteiger partial charge in [0, 0.05) is 5.56 Å². The average Bonchev–Trinajstić information content (AvgIpc) is 2.97. The summed E-state index contributed by atoms with van der Waals surface area (Å²) in [6.45, 7) is 0.434. The number of nitriles is 1. The number of H-pyrrole nitrogens is 1. The Bertz CT molecular complexity index is 1130. The highest BCUT2D eigenvalue weighted by Gasteiger charge is 2.11. The third-order valence-electron chi connectivity index (χ3n) is 3.97. The van der Waals surface area contributed by atoms with E-state index in [0.717, 1.165) is 11.1 Å². The number of imidazole rings is 1. The zero-order valence-corrected chi connectivity index (χ0v) is 13.2.